The number of aldehydes is 1. The molecule has 0 radical (unpaired) electrons. The van der Waals surface area contributed by atoms with Crippen LogP contribution in [0.5, 0.6) is 5.75 Å². The topological polar surface area (TPSA) is 26.3 Å². The zero-order valence-corrected chi connectivity index (χ0v) is 15.0. The maximum absolute atomic E-state index is 10.7. The summed E-state index contributed by atoms with van der Waals surface area (Å²) in [5.74, 6) is 0.930. The van der Waals surface area contributed by atoms with E-state index in [0.29, 0.717) is 5.56 Å². The monoisotopic (exact) mass is 312 g/mol. The average Bonchev–Trinajstić information content (AvgIpc) is 2.47. The van der Waals surface area contributed by atoms with E-state index in [1.807, 2.05) is 36.4 Å². The molecule has 0 saturated heterocycles. The molecule has 22 heavy (non-hydrogen) atoms. The van der Waals surface area contributed by atoms with Gasteiger partial charge in [0, 0.05) is 5.56 Å². The molecular weight excluding hydrogens is 288 g/mol. The van der Waals surface area contributed by atoms with Gasteiger partial charge in [-0.1, -0.05) is 57.2 Å². The Kier molecular flexibility index (Phi) is 4.57. The number of carbonyl (C=O) groups excluding carboxylic acids is 1. The molecule has 2 aromatic rings. The van der Waals surface area contributed by atoms with Crippen molar-refractivity contribution in [1.82, 2.24) is 0 Å². The highest BCUT2D eigenvalue weighted by Crippen LogP contribution is 2.37. The van der Waals surface area contributed by atoms with Crippen LogP contribution in [0.3, 0.4) is 0 Å². The molecule has 0 fully saturated rings. The van der Waals surface area contributed by atoms with Gasteiger partial charge in [-0.25, -0.2) is 0 Å². The number of benzene rings is 2. The maximum Gasteiger partial charge on any atom is 0.250 e. The van der Waals surface area contributed by atoms with Crippen LogP contribution < -0.4 is 4.43 Å². The smallest absolute Gasteiger partial charge is 0.250 e. The van der Waals surface area contributed by atoms with Crippen molar-refractivity contribution in [2.24, 2.45) is 0 Å². The fourth-order valence-corrected chi connectivity index (χ4v) is 2.95. The predicted molar refractivity (Wildman–Crippen MR) is 95.1 cm³/mol. The van der Waals surface area contributed by atoms with Crippen LogP contribution in [0.25, 0.3) is 11.1 Å². The molecule has 0 heterocycles. The maximum atomic E-state index is 10.7. The number of hydrogen-bond donors (Lipinski definition) is 0. The van der Waals surface area contributed by atoms with Crippen molar-refractivity contribution in [2.75, 3.05) is 0 Å². The molecule has 0 aromatic heterocycles. The Morgan fingerprint density at radius 1 is 0.864 bits per heavy atom. The van der Waals surface area contributed by atoms with Gasteiger partial charge in [-0.15, -0.1) is 0 Å². The Labute approximate surface area is 134 Å². The lowest BCUT2D eigenvalue weighted by Gasteiger charge is -2.36. The van der Waals surface area contributed by atoms with Gasteiger partial charge in [-0.2, -0.15) is 0 Å². The molecule has 0 amide bonds. The van der Waals surface area contributed by atoms with Crippen LogP contribution in [0.4, 0.5) is 0 Å². The first kappa shape index (κ1) is 16.5. The molecule has 0 aliphatic rings. The predicted octanol–water partition coefficient (Wildman–Crippen LogP) is 5.55. The largest absolute Gasteiger partial charge is 0.544 e. The van der Waals surface area contributed by atoms with Crippen LogP contribution in [0.1, 0.15) is 31.1 Å². The summed E-state index contributed by atoms with van der Waals surface area (Å²) in [5.41, 5.74) is 2.92. The molecular formula is C19H24O2Si. The Hall–Kier alpha value is -1.87. The summed E-state index contributed by atoms with van der Waals surface area (Å²) in [6.07, 6.45) is 0.861. The second-order valence-electron chi connectivity index (χ2n) is 7.13. The van der Waals surface area contributed by atoms with Gasteiger partial charge in [0.15, 0.2) is 0 Å². The van der Waals surface area contributed by atoms with Gasteiger partial charge in [0.2, 0.25) is 8.32 Å². The Balaban J connectivity index is 2.18. The first-order chi connectivity index (χ1) is 10.2. The molecule has 0 saturated carbocycles. The lowest BCUT2D eigenvalue weighted by molar-refractivity contribution is 0.112. The molecule has 0 spiro atoms. The fraction of sp³-hybridized carbons (Fsp3) is 0.316. The molecule has 116 valence electrons. The van der Waals surface area contributed by atoms with Gasteiger partial charge in [-0.05, 0) is 41.4 Å². The Morgan fingerprint density at radius 3 is 1.73 bits per heavy atom. The first-order valence-electron chi connectivity index (χ1n) is 7.58. The molecule has 2 rings (SSSR count). The molecule has 0 aliphatic heterocycles. The standard InChI is InChI=1S/C19H24O2Si/c1-19(2,3)22(4,5)21-18-12-10-17(11-13-18)16-8-6-15(14-20)7-9-16/h6-14H,1-5H3. The van der Waals surface area contributed by atoms with Gasteiger partial charge in [0.25, 0.3) is 0 Å². The summed E-state index contributed by atoms with van der Waals surface area (Å²) < 4.78 is 6.29. The molecule has 0 aliphatic carbocycles. The highest BCUT2D eigenvalue weighted by Gasteiger charge is 2.38. The third-order valence-corrected chi connectivity index (χ3v) is 8.77. The molecule has 0 atom stereocenters. The summed E-state index contributed by atoms with van der Waals surface area (Å²) in [5, 5.41) is 0.191. The Bertz CT molecular complexity index is 635. The average molecular weight is 312 g/mol. The SMILES string of the molecule is CC(C)(C)[Si](C)(C)Oc1ccc(-c2ccc(C=O)cc2)cc1. The van der Waals surface area contributed by atoms with Crippen molar-refractivity contribution >= 4 is 14.6 Å². The van der Waals surface area contributed by atoms with Gasteiger partial charge in [0.05, 0.1) is 0 Å². The normalized spacial score (nSPS) is 12.0. The van der Waals surface area contributed by atoms with Crippen LogP contribution in [0, 0.1) is 0 Å². The zero-order chi connectivity index (χ0) is 16.4. The van der Waals surface area contributed by atoms with Crippen molar-refractivity contribution < 1.29 is 9.22 Å². The van der Waals surface area contributed by atoms with E-state index in [2.05, 4.69) is 46.0 Å². The second-order valence-corrected chi connectivity index (χ2v) is 11.9. The van der Waals surface area contributed by atoms with Crippen molar-refractivity contribution in [3.8, 4) is 16.9 Å². The summed E-state index contributed by atoms with van der Waals surface area (Å²) in [6.45, 7) is 11.2. The minimum atomic E-state index is -1.79. The Morgan fingerprint density at radius 2 is 1.32 bits per heavy atom. The summed E-state index contributed by atoms with van der Waals surface area (Å²) in [6, 6.07) is 15.8. The van der Waals surface area contributed by atoms with E-state index in [1.165, 1.54) is 0 Å². The van der Waals surface area contributed by atoms with E-state index in [0.717, 1.165) is 23.2 Å². The summed E-state index contributed by atoms with van der Waals surface area (Å²) in [4.78, 5) is 10.7. The van der Waals surface area contributed by atoms with Crippen molar-refractivity contribution in [1.29, 1.82) is 0 Å². The second kappa shape index (κ2) is 6.09. The molecule has 3 heteroatoms. The van der Waals surface area contributed by atoms with Crippen LogP contribution in [-0.4, -0.2) is 14.6 Å². The van der Waals surface area contributed by atoms with Crippen molar-refractivity contribution in [3.05, 3.63) is 54.1 Å². The number of rotatable bonds is 4. The van der Waals surface area contributed by atoms with Crippen LogP contribution in [0.15, 0.2) is 48.5 Å². The van der Waals surface area contributed by atoms with E-state index in [9.17, 15) is 4.79 Å². The summed E-state index contributed by atoms with van der Waals surface area (Å²) >= 11 is 0. The van der Waals surface area contributed by atoms with E-state index in [-0.39, 0.29) is 5.04 Å². The fourth-order valence-electron chi connectivity index (χ4n) is 1.92. The molecule has 2 aromatic carbocycles. The van der Waals surface area contributed by atoms with Gasteiger partial charge in [0.1, 0.15) is 12.0 Å². The van der Waals surface area contributed by atoms with E-state index < -0.39 is 8.32 Å². The number of carbonyl (C=O) groups is 1. The quantitative estimate of drug-likeness (QED) is 0.546. The minimum Gasteiger partial charge on any atom is -0.544 e. The third kappa shape index (κ3) is 3.66. The highest BCUT2D eigenvalue weighted by atomic mass is 28.4. The highest BCUT2D eigenvalue weighted by molar-refractivity contribution is 6.74. The lowest BCUT2D eigenvalue weighted by Crippen LogP contribution is -2.43. The number of hydrogen-bond acceptors (Lipinski definition) is 2. The molecule has 0 N–H and O–H groups in total. The molecule has 0 unspecified atom stereocenters. The van der Waals surface area contributed by atoms with Gasteiger partial charge >= 0.3 is 0 Å². The molecule has 0 bridgehead atoms. The van der Waals surface area contributed by atoms with E-state index in [1.54, 1.807) is 0 Å². The van der Waals surface area contributed by atoms with E-state index >= 15 is 0 Å². The van der Waals surface area contributed by atoms with Gasteiger partial charge in [-0.3, -0.25) is 4.79 Å². The van der Waals surface area contributed by atoms with Crippen LogP contribution >= 0.6 is 0 Å². The third-order valence-electron chi connectivity index (χ3n) is 4.41. The lowest BCUT2D eigenvalue weighted by atomic mass is 10.0. The van der Waals surface area contributed by atoms with Crippen LogP contribution in [-0.2, 0) is 0 Å². The van der Waals surface area contributed by atoms with Crippen molar-refractivity contribution in [2.45, 2.75) is 38.9 Å². The van der Waals surface area contributed by atoms with Gasteiger partial charge < -0.3 is 4.43 Å². The minimum absolute atomic E-state index is 0.191. The first-order valence-corrected chi connectivity index (χ1v) is 10.5. The van der Waals surface area contributed by atoms with E-state index in [4.69, 9.17) is 4.43 Å². The summed E-state index contributed by atoms with van der Waals surface area (Å²) in [7, 11) is -1.79. The van der Waals surface area contributed by atoms with Crippen molar-refractivity contribution in [3.63, 3.8) is 0 Å². The molecule has 2 nitrogen and oxygen atoms in total. The van der Waals surface area contributed by atoms with Crippen LogP contribution in [0.2, 0.25) is 18.1 Å². The zero-order valence-electron chi connectivity index (χ0n) is 14.0.